The van der Waals surface area contributed by atoms with Crippen LogP contribution in [0.5, 0.6) is 0 Å². The molecule has 0 saturated carbocycles. The summed E-state index contributed by atoms with van der Waals surface area (Å²) in [6, 6.07) is 18.7. The lowest BCUT2D eigenvalue weighted by Crippen LogP contribution is -2.44. The summed E-state index contributed by atoms with van der Waals surface area (Å²) in [6.07, 6.45) is 3.02. The first kappa shape index (κ1) is 18.1. The van der Waals surface area contributed by atoms with E-state index in [1.807, 2.05) is 35.2 Å². The predicted octanol–water partition coefficient (Wildman–Crippen LogP) is 4.39. The van der Waals surface area contributed by atoms with Gasteiger partial charge in [-0.3, -0.25) is 0 Å². The number of benzene rings is 2. The molecule has 3 rings (SSSR count). The van der Waals surface area contributed by atoms with Crippen LogP contribution >= 0.6 is 0 Å². The maximum atomic E-state index is 12.0. The molecule has 0 spiro atoms. The molecular formula is C23H26N2O. The molecule has 2 amide bonds. The fraction of sp³-hybridized carbons (Fsp3) is 0.348. The van der Waals surface area contributed by atoms with Crippen LogP contribution in [0.4, 0.5) is 4.79 Å². The fourth-order valence-corrected chi connectivity index (χ4v) is 3.26. The Kier molecular flexibility index (Phi) is 6.33. The maximum absolute atomic E-state index is 12.0. The summed E-state index contributed by atoms with van der Waals surface area (Å²) < 4.78 is 0. The summed E-state index contributed by atoms with van der Waals surface area (Å²) in [6.45, 7) is 4.48. The SMILES string of the molecule is CCCNC(=O)N1CCC(c2ccc(C#Cc3ccccc3)cc2)CC1. The summed E-state index contributed by atoms with van der Waals surface area (Å²) in [5.41, 5.74) is 3.42. The summed E-state index contributed by atoms with van der Waals surface area (Å²) in [5, 5.41) is 2.96. The Morgan fingerprint density at radius 3 is 2.23 bits per heavy atom. The lowest BCUT2D eigenvalue weighted by atomic mass is 9.89. The molecule has 0 radical (unpaired) electrons. The Morgan fingerprint density at radius 2 is 1.62 bits per heavy atom. The Labute approximate surface area is 156 Å². The van der Waals surface area contributed by atoms with Gasteiger partial charge in [-0.2, -0.15) is 0 Å². The minimum Gasteiger partial charge on any atom is -0.338 e. The zero-order chi connectivity index (χ0) is 18.2. The van der Waals surface area contributed by atoms with Crippen LogP contribution < -0.4 is 5.32 Å². The molecule has 1 heterocycles. The molecule has 1 saturated heterocycles. The van der Waals surface area contributed by atoms with E-state index < -0.39 is 0 Å². The van der Waals surface area contributed by atoms with E-state index in [9.17, 15) is 4.79 Å². The Balaban J connectivity index is 1.55. The minimum absolute atomic E-state index is 0.0804. The summed E-state index contributed by atoms with van der Waals surface area (Å²) in [5.74, 6) is 6.94. The molecule has 0 unspecified atom stereocenters. The van der Waals surface area contributed by atoms with E-state index in [2.05, 4.69) is 48.3 Å². The second-order valence-corrected chi connectivity index (χ2v) is 6.73. The van der Waals surface area contributed by atoms with Gasteiger partial charge in [0.25, 0.3) is 0 Å². The number of carbonyl (C=O) groups excluding carboxylic acids is 1. The van der Waals surface area contributed by atoms with Crippen LogP contribution in [0.15, 0.2) is 54.6 Å². The van der Waals surface area contributed by atoms with E-state index >= 15 is 0 Å². The monoisotopic (exact) mass is 346 g/mol. The predicted molar refractivity (Wildman–Crippen MR) is 106 cm³/mol. The van der Waals surface area contributed by atoms with E-state index in [4.69, 9.17) is 0 Å². The lowest BCUT2D eigenvalue weighted by Gasteiger charge is -2.32. The average molecular weight is 346 g/mol. The highest BCUT2D eigenvalue weighted by molar-refractivity contribution is 5.74. The van der Waals surface area contributed by atoms with Crippen molar-refractivity contribution in [2.45, 2.75) is 32.1 Å². The van der Waals surface area contributed by atoms with Crippen molar-refractivity contribution in [2.75, 3.05) is 19.6 Å². The van der Waals surface area contributed by atoms with Crippen molar-refractivity contribution in [3.63, 3.8) is 0 Å². The highest BCUT2D eigenvalue weighted by atomic mass is 16.2. The molecular weight excluding hydrogens is 320 g/mol. The first-order chi connectivity index (χ1) is 12.8. The molecule has 2 aromatic rings. The topological polar surface area (TPSA) is 32.3 Å². The van der Waals surface area contributed by atoms with Gasteiger partial charge in [-0.15, -0.1) is 0 Å². The highest BCUT2D eigenvalue weighted by Gasteiger charge is 2.23. The van der Waals surface area contributed by atoms with Gasteiger partial charge in [-0.25, -0.2) is 4.79 Å². The largest absolute Gasteiger partial charge is 0.338 e. The van der Waals surface area contributed by atoms with Gasteiger partial charge in [0.2, 0.25) is 0 Å². The van der Waals surface area contributed by atoms with Crippen molar-refractivity contribution in [2.24, 2.45) is 0 Å². The van der Waals surface area contributed by atoms with E-state index in [0.717, 1.165) is 50.0 Å². The minimum atomic E-state index is 0.0804. The van der Waals surface area contributed by atoms with Crippen molar-refractivity contribution in [3.05, 3.63) is 71.3 Å². The molecule has 2 aromatic carbocycles. The van der Waals surface area contributed by atoms with Crippen molar-refractivity contribution in [3.8, 4) is 11.8 Å². The van der Waals surface area contributed by atoms with Crippen molar-refractivity contribution < 1.29 is 4.79 Å². The number of amides is 2. The van der Waals surface area contributed by atoms with Crippen LogP contribution in [0, 0.1) is 11.8 Å². The van der Waals surface area contributed by atoms with Crippen LogP contribution in [-0.4, -0.2) is 30.6 Å². The van der Waals surface area contributed by atoms with Crippen LogP contribution in [0.3, 0.4) is 0 Å². The summed E-state index contributed by atoms with van der Waals surface area (Å²) in [7, 11) is 0. The number of likely N-dealkylation sites (tertiary alicyclic amines) is 1. The van der Waals surface area contributed by atoms with Gasteiger partial charge in [0.1, 0.15) is 0 Å². The second kappa shape index (κ2) is 9.10. The number of nitrogens with zero attached hydrogens (tertiary/aromatic N) is 1. The first-order valence-electron chi connectivity index (χ1n) is 9.46. The van der Waals surface area contributed by atoms with E-state index in [0.29, 0.717) is 5.92 Å². The van der Waals surface area contributed by atoms with Crippen LogP contribution in [0.1, 0.15) is 48.8 Å². The fourth-order valence-electron chi connectivity index (χ4n) is 3.26. The second-order valence-electron chi connectivity index (χ2n) is 6.73. The number of carbonyl (C=O) groups is 1. The van der Waals surface area contributed by atoms with Gasteiger partial charge >= 0.3 is 6.03 Å². The van der Waals surface area contributed by atoms with Gasteiger partial charge in [0.05, 0.1) is 0 Å². The zero-order valence-corrected chi connectivity index (χ0v) is 15.4. The molecule has 26 heavy (non-hydrogen) atoms. The average Bonchev–Trinajstić information content (AvgIpc) is 2.72. The molecule has 0 atom stereocenters. The third-order valence-electron chi connectivity index (χ3n) is 4.82. The number of hydrogen-bond donors (Lipinski definition) is 1. The van der Waals surface area contributed by atoms with Gasteiger partial charge in [0, 0.05) is 30.8 Å². The first-order valence-corrected chi connectivity index (χ1v) is 9.46. The lowest BCUT2D eigenvalue weighted by molar-refractivity contribution is 0.181. The molecule has 3 nitrogen and oxygen atoms in total. The maximum Gasteiger partial charge on any atom is 0.317 e. The summed E-state index contributed by atoms with van der Waals surface area (Å²) >= 11 is 0. The molecule has 3 heteroatoms. The van der Waals surface area contributed by atoms with Crippen molar-refractivity contribution in [1.82, 2.24) is 10.2 Å². The normalized spacial score (nSPS) is 14.4. The zero-order valence-electron chi connectivity index (χ0n) is 15.4. The Bertz CT molecular complexity index is 763. The quantitative estimate of drug-likeness (QED) is 0.822. The molecule has 0 aromatic heterocycles. The van der Waals surface area contributed by atoms with Gasteiger partial charge in [-0.1, -0.05) is 49.1 Å². The van der Waals surface area contributed by atoms with E-state index in [-0.39, 0.29) is 6.03 Å². The number of rotatable bonds is 3. The molecule has 134 valence electrons. The van der Waals surface area contributed by atoms with Gasteiger partial charge in [0.15, 0.2) is 0 Å². The summed E-state index contributed by atoms with van der Waals surface area (Å²) in [4.78, 5) is 14.0. The van der Waals surface area contributed by atoms with Crippen LogP contribution in [0.2, 0.25) is 0 Å². The molecule has 1 aliphatic heterocycles. The third kappa shape index (κ3) is 4.89. The smallest absolute Gasteiger partial charge is 0.317 e. The Morgan fingerprint density at radius 1 is 1.00 bits per heavy atom. The molecule has 0 bridgehead atoms. The van der Waals surface area contributed by atoms with Crippen molar-refractivity contribution >= 4 is 6.03 Å². The molecule has 0 aliphatic carbocycles. The number of hydrogen-bond acceptors (Lipinski definition) is 1. The Hall–Kier alpha value is -2.73. The van der Waals surface area contributed by atoms with Gasteiger partial charge in [-0.05, 0) is 55.0 Å². The van der Waals surface area contributed by atoms with Crippen LogP contribution in [-0.2, 0) is 0 Å². The molecule has 1 N–H and O–H groups in total. The molecule has 1 aliphatic rings. The number of nitrogens with one attached hydrogen (secondary N) is 1. The third-order valence-corrected chi connectivity index (χ3v) is 4.82. The van der Waals surface area contributed by atoms with Gasteiger partial charge < -0.3 is 10.2 Å². The number of piperidine rings is 1. The number of urea groups is 1. The van der Waals surface area contributed by atoms with E-state index in [1.165, 1.54) is 5.56 Å². The van der Waals surface area contributed by atoms with E-state index in [1.54, 1.807) is 0 Å². The van der Waals surface area contributed by atoms with Crippen LogP contribution in [0.25, 0.3) is 0 Å². The van der Waals surface area contributed by atoms with Crippen molar-refractivity contribution in [1.29, 1.82) is 0 Å². The standard InChI is InChI=1S/C23H26N2O/c1-2-16-24-23(26)25-17-14-22(15-18-25)21-12-10-20(11-13-21)9-8-19-6-4-3-5-7-19/h3-7,10-13,22H,2,14-18H2,1H3,(H,24,26). The molecule has 1 fully saturated rings. The highest BCUT2D eigenvalue weighted by Crippen LogP contribution is 2.28.